The van der Waals surface area contributed by atoms with Crippen LogP contribution in [0.4, 0.5) is 22.0 Å². The molecule has 7 heteroatoms. The maximum atomic E-state index is 14.9. The average molecular weight is 534 g/mol. The van der Waals surface area contributed by atoms with Gasteiger partial charge in [0.1, 0.15) is 0 Å². The number of nitrogens with zero attached hydrogens (tertiary/aromatic N) is 2. The fraction of sp³-hybridized carbons (Fsp3) is 0. The zero-order chi connectivity index (χ0) is 27.3. The average Bonchev–Trinajstić information content (AvgIpc) is 3.32. The van der Waals surface area contributed by atoms with Gasteiger partial charge in [0, 0.05) is 17.3 Å². The van der Waals surface area contributed by atoms with E-state index in [1.165, 1.54) is 6.07 Å². The third-order valence-corrected chi connectivity index (χ3v) is 7.76. The zero-order valence-corrected chi connectivity index (χ0v) is 20.4. The summed E-state index contributed by atoms with van der Waals surface area (Å²) in [4.78, 5) is 4.71. The van der Waals surface area contributed by atoms with Crippen molar-refractivity contribution in [2.45, 2.75) is 0 Å². The van der Waals surface area contributed by atoms with Crippen molar-refractivity contribution >= 4 is 54.3 Å². The molecule has 0 bridgehead atoms. The molecule has 8 aromatic rings. The predicted molar refractivity (Wildman–Crippen MR) is 148 cm³/mol. The lowest BCUT2D eigenvalue weighted by Gasteiger charge is -2.16. The third kappa shape index (κ3) is 2.84. The number of pyridine rings is 1. The van der Waals surface area contributed by atoms with Gasteiger partial charge in [-0.15, -0.1) is 0 Å². The molecule has 8 rings (SSSR count). The Labute approximate surface area is 222 Å². The maximum absolute atomic E-state index is 14.9. The summed E-state index contributed by atoms with van der Waals surface area (Å²) in [5.74, 6) is -9.84. The normalized spacial score (nSPS) is 12.1. The Kier molecular flexibility index (Phi) is 4.57. The molecule has 0 unspecified atom stereocenters. The standard InChI is InChI=1S/C33H15F5N2/c34-28-27(29(35)31(37)32(38)30(28)36)20-11-8-16-9-13-21-25-17(10-12-19(20)24(16)25)15-23-26(21)33-22(7-4-14-39-33)40(23)18-5-2-1-3-6-18/h1-15H. The Morgan fingerprint density at radius 3 is 1.95 bits per heavy atom. The van der Waals surface area contributed by atoms with Crippen LogP contribution in [-0.4, -0.2) is 9.55 Å². The number of halogens is 5. The Morgan fingerprint density at radius 2 is 1.18 bits per heavy atom. The van der Waals surface area contributed by atoms with Gasteiger partial charge in [0.15, 0.2) is 23.3 Å². The van der Waals surface area contributed by atoms with Gasteiger partial charge < -0.3 is 4.57 Å². The molecule has 0 amide bonds. The molecular weight excluding hydrogens is 519 g/mol. The van der Waals surface area contributed by atoms with Crippen LogP contribution in [0.3, 0.4) is 0 Å². The van der Waals surface area contributed by atoms with Crippen LogP contribution in [0, 0.1) is 29.1 Å². The summed E-state index contributed by atoms with van der Waals surface area (Å²) >= 11 is 0. The molecule has 0 radical (unpaired) electrons. The van der Waals surface area contributed by atoms with Crippen LogP contribution in [0.5, 0.6) is 0 Å². The molecular formula is C33H15F5N2. The molecule has 6 aromatic carbocycles. The van der Waals surface area contributed by atoms with Gasteiger partial charge in [0.2, 0.25) is 5.82 Å². The number of hydrogen-bond donors (Lipinski definition) is 0. The summed E-state index contributed by atoms with van der Waals surface area (Å²) in [6, 6.07) is 26.3. The first kappa shape index (κ1) is 22.9. The first-order chi connectivity index (χ1) is 19.5. The zero-order valence-electron chi connectivity index (χ0n) is 20.4. The lowest BCUT2D eigenvalue weighted by Crippen LogP contribution is -2.04. The fourth-order valence-corrected chi connectivity index (χ4v) is 6.10. The molecule has 192 valence electrons. The van der Waals surface area contributed by atoms with E-state index in [-0.39, 0.29) is 5.56 Å². The van der Waals surface area contributed by atoms with E-state index < -0.39 is 34.6 Å². The van der Waals surface area contributed by atoms with E-state index in [1.54, 1.807) is 18.3 Å². The number of para-hydroxylation sites is 1. The minimum absolute atomic E-state index is 0.0698. The number of hydrogen-bond acceptors (Lipinski definition) is 1. The van der Waals surface area contributed by atoms with Gasteiger partial charge >= 0.3 is 0 Å². The lowest BCUT2D eigenvalue weighted by atomic mass is 9.88. The van der Waals surface area contributed by atoms with Crippen molar-refractivity contribution in [2.24, 2.45) is 0 Å². The summed E-state index contributed by atoms with van der Waals surface area (Å²) in [5.41, 5.74) is 2.60. The Bertz CT molecular complexity index is 2290. The molecule has 0 aliphatic heterocycles. The van der Waals surface area contributed by atoms with Crippen LogP contribution in [0.25, 0.3) is 71.1 Å². The summed E-state index contributed by atoms with van der Waals surface area (Å²) in [5, 5.41) is 5.32. The monoisotopic (exact) mass is 534 g/mol. The van der Waals surface area contributed by atoms with Gasteiger partial charge in [0.25, 0.3) is 0 Å². The highest BCUT2D eigenvalue weighted by Crippen LogP contribution is 2.45. The SMILES string of the molecule is Fc1c(F)c(F)c(-c2ccc3ccc4c5c(ccc2c35)cc2c4c3ncccc3n2-c2ccccc2)c(F)c1F. The first-order valence-corrected chi connectivity index (χ1v) is 12.5. The Balaban J connectivity index is 1.55. The van der Waals surface area contributed by atoms with E-state index in [9.17, 15) is 22.0 Å². The third-order valence-electron chi connectivity index (χ3n) is 7.76. The Morgan fingerprint density at radius 1 is 0.525 bits per heavy atom. The van der Waals surface area contributed by atoms with Crippen molar-refractivity contribution in [1.82, 2.24) is 9.55 Å². The number of rotatable bonds is 2. The van der Waals surface area contributed by atoms with Crippen molar-refractivity contribution in [2.75, 3.05) is 0 Å². The number of benzene rings is 6. The highest BCUT2D eigenvalue weighted by molar-refractivity contribution is 6.33. The van der Waals surface area contributed by atoms with E-state index in [4.69, 9.17) is 4.98 Å². The van der Waals surface area contributed by atoms with Crippen LogP contribution < -0.4 is 0 Å². The summed E-state index contributed by atoms with van der Waals surface area (Å²) in [7, 11) is 0. The quantitative estimate of drug-likeness (QED) is 0.0935. The van der Waals surface area contributed by atoms with Gasteiger partial charge in [0.05, 0.1) is 22.1 Å². The molecule has 0 aliphatic rings. The van der Waals surface area contributed by atoms with E-state index in [2.05, 4.69) is 10.6 Å². The number of aromatic nitrogens is 2. The van der Waals surface area contributed by atoms with Gasteiger partial charge in [-0.05, 0) is 68.2 Å². The van der Waals surface area contributed by atoms with Crippen molar-refractivity contribution < 1.29 is 22.0 Å². The summed E-state index contributed by atoms with van der Waals surface area (Å²) < 4.78 is 74.2. The van der Waals surface area contributed by atoms with Gasteiger partial charge in [-0.3, -0.25) is 4.98 Å². The Hall–Kier alpha value is -5.04. The van der Waals surface area contributed by atoms with E-state index in [0.29, 0.717) is 10.8 Å². The van der Waals surface area contributed by atoms with Gasteiger partial charge in [-0.1, -0.05) is 54.6 Å². The topological polar surface area (TPSA) is 17.8 Å². The van der Waals surface area contributed by atoms with Crippen molar-refractivity contribution in [3.05, 3.63) is 120 Å². The van der Waals surface area contributed by atoms with Crippen molar-refractivity contribution in [1.29, 1.82) is 0 Å². The molecule has 0 saturated heterocycles. The van der Waals surface area contributed by atoms with Gasteiger partial charge in [-0.2, -0.15) is 0 Å². The van der Waals surface area contributed by atoms with Crippen molar-refractivity contribution in [3.63, 3.8) is 0 Å². The van der Waals surface area contributed by atoms with Crippen LogP contribution in [-0.2, 0) is 0 Å². The molecule has 0 atom stereocenters. The second kappa shape index (κ2) is 7.99. The molecule has 2 aromatic heterocycles. The van der Waals surface area contributed by atoms with Crippen LogP contribution in [0.1, 0.15) is 0 Å². The summed E-state index contributed by atoms with van der Waals surface area (Å²) in [6.07, 6.45) is 1.73. The molecule has 0 saturated carbocycles. The molecule has 2 nitrogen and oxygen atoms in total. The first-order valence-electron chi connectivity index (χ1n) is 12.5. The van der Waals surface area contributed by atoms with E-state index in [0.717, 1.165) is 49.2 Å². The largest absolute Gasteiger partial charge is 0.308 e. The molecule has 0 N–H and O–H groups in total. The summed E-state index contributed by atoms with van der Waals surface area (Å²) in [6.45, 7) is 0. The van der Waals surface area contributed by atoms with Crippen LogP contribution in [0.2, 0.25) is 0 Å². The van der Waals surface area contributed by atoms with E-state index in [1.807, 2.05) is 60.7 Å². The van der Waals surface area contributed by atoms with Crippen LogP contribution >= 0.6 is 0 Å². The molecule has 2 heterocycles. The highest BCUT2D eigenvalue weighted by atomic mass is 19.2. The fourth-order valence-electron chi connectivity index (χ4n) is 6.10. The molecule has 0 fully saturated rings. The highest BCUT2D eigenvalue weighted by Gasteiger charge is 2.28. The second-order valence-corrected chi connectivity index (χ2v) is 9.79. The predicted octanol–water partition coefficient (Wildman–Crippen LogP) is 9.44. The number of fused-ring (bicyclic) bond motifs is 4. The minimum atomic E-state index is -2.18. The van der Waals surface area contributed by atoms with Crippen LogP contribution in [0.15, 0.2) is 91.1 Å². The van der Waals surface area contributed by atoms with Crippen molar-refractivity contribution in [3.8, 4) is 16.8 Å². The molecule has 40 heavy (non-hydrogen) atoms. The molecule has 0 aliphatic carbocycles. The second-order valence-electron chi connectivity index (χ2n) is 9.79. The maximum Gasteiger partial charge on any atom is 0.200 e. The van der Waals surface area contributed by atoms with E-state index >= 15 is 0 Å². The lowest BCUT2D eigenvalue weighted by molar-refractivity contribution is 0.381. The minimum Gasteiger partial charge on any atom is -0.308 e. The van der Waals surface area contributed by atoms with Gasteiger partial charge in [-0.25, -0.2) is 22.0 Å². The molecule has 0 spiro atoms. The smallest absolute Gasteiger partial charge is 0.200 e.